The van der Waals surface area contributed by atoms with Crippen molar-refractivity contribution in [3.8, 4) is 11.6 Å². The van der Waals surface area contributed by atoms with Gasteiger partial charge in [0.15, 0.2) is 0 Å². The molecule has 0 saturated carbocycles. The Bertz CT molecular complexity index is 899. The largest absolute Gasteiger partial charge is 0.438 e. The fourth-order valence-corrected chi connectivity index (χ4v) is 2.42. The number of anilines is 2. The third kappa shape index (κ3) is 4.33. The van der Waals surface area contributed by atoms with Gasteiger partial charge in [-0.1, -0.05) is 18.2 Å². The molecule has 0 saturated heterocycles. The summed E-state index contributed by atoms with van der Waals surface area (Å²) < 4.78 is 58.5. The van der Waals surface area contributed by atoms with Crippen molar-refractivity contribution < 1.29 is 22.3 Å². The number of para-hydroxylation sites is 1. The molecule has 0 fully saturated rings. The highest BCUT2D eigenvalue weighted by atomic mass is 19.4. The fourth-order valence-electron chi connectivity index (χ4n) is 2.42. The predicted molar refractivity (Wildman–Crippen MR) is 92.6 cm³/mol. The number of nitrogens with zero attached hydrogens (tertiary/aromatic N) is 3. The lowest BCUT2D eigenvalue weighted by atomic mass is 10.3. The first kappa shape index (κ1) is 18.6. The molecule has 3 aromatic rings. The third-order valence-corrected chi connectivity index (χ3v) is 3.70. The first-order chi connectivity index (χ1) is 12.9. The summed E-state index contributed by atoms with van der Waals surface area (Å²) in [5, 5.41) is 0. The highest BCUT2D eigenvalue weighted by Crippen LogP contribution is 2.38. The van der Waals surface area contributed by atoms with Crippen LogP contribution in [0.2, 0.25) is 0 Å². The van der Waals surface area contributed by atoms with Gasteiger partial charge in [-0.25, -0.2) is 9.37 Å². The van der Waals surface area contributed by atoms with Crippen molar-refractivity contribution in [3.05, 3.63) is 72.2 Å². The quantitative estimate of drug-likeness (QED) is 0.544. The molecule has 27 heavy (non-hydrogen) atoms. The maximum Gasteiger partial charge on any atom is 0.423 e. The van der Waals surface area contributed by atoms with Crippen LogP contribution in [0.5, 0.6) is 11.6 Å². The van der Waals surface area contributed by atoms with Crippen LogP contribution in [0.3, 0.4) is 0 Å². The van der Waals surface area contributed by atoms with E-state index in [4.69, 9.17) is 4.74 Å². The number of hydrogen-bond donors (Lipinski definition) is 0. The zero-order valence-electron chi connectivity index (χ0n) is 14.2. The van der Waals surface area contributed by atoms with Gasteiger partial charge in [-0.3, -0.25) is 0 Å². The fraction of sp³-hybridized carbons (Fsp3) is 0.158. The molecule has 1 aromatic heterocycles. The molecule has 0 N–H and O–H groups in total. The summed E-state index contributed by atoms with van der Waals surface area (Å²) in [5.41, 5.74) is -0.533. The molecule has 0 bridgehead atoms. The van der Waals surface area contributed by atoms with E-state index >= 15 is 0 Å². The van der Waals surface area contributed by atoms with Crippen molar-refractivity contribution >= 4 is 11.6 Å². The molecular weight excluding hydrogens is 362 g/mol. The van der Waals surface area contributed by atoms with Crippen molar-refractivity contribution in [3.63, 3.8) is 0 Å². The Morgan fingerprint density at radius 2 is 1.67 bits per heavy atom. The van der Waals surface area contributed by atoms with E-state index in [9.17, 15) is 17.6 Å². The van der Waals surface area contributed by atoms with Gasteiger partial charge < -0.3 is 9.64 Å². The van der Waals surface area contributed by atoms with Gasteiger partial charge in [-0.15, -0.1) is 0 Å². The van der Waals surface area contributed by atoms with Gasteiger partial charge in [0.25, 0.3) is 0 Å². The zero-order chi connectivity index (χ0) is 19.4. The monoisotopic (exact) mass is 377 g/mol. The molecule has 0 radical (unpaired) electrons. The summed E-state index contributed by atoms with van der Waals surface area (Å²) in [6.07, 6.45) is -3.98. The van der Waals surface area contributed by atoms with Crippen LogP contribution >= 0.6 is 0 Å². The molecule has 140 valence electrons. The Morgan fingerprint density at radius 3 is 2.26 bits per heavy atom. The van der Waals surface area contributed by atoms with Crippen LogP contribution in [-0.4, -0.2) is 16.5 Å². The predicted octanol–water partition coefficient (Wildman–Crippen LogP) is 5.58. The molecule has 4 nitrogen and oxygen atoms in total. The summed E-state index contributed by atoms with van der Waals surface area (Å²) in [7, 11) is 0. The Kier molecular flexibility index (Phi) is 5.25. The van der Waals surface area contributed by atoms with E-state index in [0.717, 1.165) is 0 Å². The summed E-state index contributed by atoms with van der Waals surface area (Å²) in [5.74, 6) is -0.781. The summed E-state index contributed by atoms with van der Waals surface area (Å²) in [4.78, 5) is 9.37. The number of ether oxygens (including phenoxy) is 1. The molecule has 0 unspecified atom stereocenters. The van der Waals surface area contributed by atoms with Gasteiger partial charge >= 0.3 is 6.18 Å². The van der Waals surface area contributed by atoms with Crippen molar-refractivity contribution in [2.24, 2.45) is 0 Å². The molecule has 0 aliphatic carbocycles. The van der Waals surface area contributed by atoms with E-state index < -0.39 is 23.4 Å². The highest BCUT2D eigenvalue weighted by Gasteiger charge is 2.37. The molecule has 1 heterocycles. The van der Waals surface area contributed by atoms with E-state index in [1.807, 2.05) is 0 Å². The molecule has 8 heteroatoms. The minimum absolute atomic E-state index is 0.0167. The minimum atomic E-state index is -4.67. The molecule has 0 atom stereocenters. The summed E-state index contributed by atoms with van der Waals surface area (Å²) in [6, 6.07) is 13.6. The SMILES string of the molecule is CCN(c1ccc(F)cc1)c1ncc(C(F)(F)F)c(Oc2ccccc2)n1. The van der Waals surface area contributed by atoms with E-state index in [-0.39, 0.29) is 11.7 Å². The Morgan fingerprint density at radius 1 is 1.00 bits per heavy atom. The standard InChI is InChI=1S/C19H15F4N3O/c1-2-26(14-10-8-13(20)9-11-14)18-24-12-16(19(21,22)23)17(25-18)27-15-6-4-3-5-7-15/h3-12H,2H2,1H3. The van der Waals surface area contributed by atoms with Crippen molar-refractivity contribution in [2.75, 3.05) is 11.4 Å². The van der Waals surface area contributed by atoms with Gasteiger partial charge in [0.05, 0.1) is 0 Å². The molecule has 3 rings (SSSR count). The van der Waals surface area contributed by atoms with Crippen LogP contribution in [0, 0.1) is 5.82 Å². The first-order valence-electron chi connectivity index (χ1n) is 8.08. The number of aromatic nitrogens is 2. The van der Waals surface area contributed by atoms with Gasteiger partial charge in [0.2, 0.25) is 11.8 Å². The van der Waals surface area contributed by atoms with Crippen LogP contribution in [-0.2, 0) is 6.18 Å². The van der Waals surface area contributed by atoms with Crippen molar-refractivity contribution in [1.29, 1.82) is 0 Å². The highest BCUT2D eigenvalue weighted by molar-refractivity contribution is 5.57. The van der Waals surface area contributed by atoms with E-state index in [1.165, 1.54) is 36.4 Å². The van der Waals surface area contributed by atoms with Gasteiger partial charge in [-0.05, 0) is 43.3 Å². The average molecular weight is 377 g/mol. The molecule has 0 amide bonds. The van der Waals surface area contributed by atoms with Crippen LogP contribution in [0.4, 0.5) is 29.2 Å². The Labute approximate surface area is 153 Å². The van der Waals surface area contributed by atoms with Gasteiger partial charge in [-0.2, -0.15) is 18.2 Å². The number of rotatable bonds is 5. The number of benzene rings is 2. The maximum atomic E-state index is 13.3. The van der Waals surface area contributed by atoms with Crippen LogP contribution < -0.4 is 9.64 Å². The topological polar surface area (TPSA) is 38.2 Å². The zero-order valence-corrected chi connectivity index (χ0v) is 14.2. The van der Waals surface area contributed by atoms with Gasteiger partial charge in [0, 0.05) is 18.4 Å². The molecule has 2 aromatic carbocycles. The third-order valence-electron chi connectivity index (χ3n) is 3.70. The van der Waals surface area contributed by atoms with Crippen LogP contribution in [0.1, 0.15) is 12.5 Å². The number of alkyl halides is 3. The second kappa shape index (κ2) is 7.61. The normalized spacial score (nSPS) is 11.3. The number of halogens is 4. The number of hydrogen-bond acceptors (Lipinski definition) is 4. The van der Waals surface area contributed by atoms with Crippen molar-refractivity contribution in [2.45, 2.75) is 13.1 Å². The average Bonchev–Trinajstić information content (AvgIpc) is 2.64. The summed E-state index contributed by atoms with van der Waals surface area (Å²) in [6.45, 7) is 2.14. The van der Waals surface area contributed by atoms with Crippen LogP contribution in [0.15, 0.2) is 60.8 Å². The Balaban J connectivity index is 2.03. The molecule has 0 aliphatic rings. The lowest BCUT2D eigenvalue weighted by molar-refractivity contribution is -0.139. The molecule has 0 aliphatic heterocycles. The van der Waals surface area contributed by atoms with E-state index in [0.29, 0.717) is 18.4 Å². The smallest absolute Gasteiger partial charge is 0.423 e. The molecule has 0 spiro atoms. The lowest BCUT2D eigenvalue weighted by Gasteiger charge is -2.22. The van der Waals surface area contributed by atoms with E-state index in [1.54, 1.807) is 30.0 Å². The lowest BCUT2D eigenvalue weighted by Crippen LogP contribution is -2.20. The summed E-state index contributed by atoms with van der Waals surface area (Å²) >= 11 is 0. The second-order valence-corrected chi connectivity index (χ2v) is 5.52. The van der Waals surface area contributed by atoms with E-state index in [2.05, 4.69) is 9.97 Å². The Hall–Kier alpha value is -3.16. The van der Waals surface area contributed by atoms with Gasteiger partial charge in [0.1, 0.15) is 17.1 Å². The molecular formula is C19H15F4N3O. The van der Waals surface area contributed by atoms with Crippen molar-refractivity contribution in [1.82, 2.24) is 9.97 Å². The maximum absolute atomic E-state index is 13.3. The minimum Gasteiger partial charge on any atom is -0.438 e. The first-order valence-corrected chi connectivity index (χ1v) is 8.08. The second-order valence-electron chi connectivity index (χ2n) is 5.52. The van der Waals surface area contributed by atoms with Crippen LogP contribution in [0.25, 0.3) is 0 Å².